The maximum atomic E-state index is 13.0. The van der Waals surface area contributed by atoms with E-state index in [1.54, 1.807) is 6.07 Å². The van der Waals surface area contributed by atoms with Gasteiger partial charge in [-0.3, -0.25) is 14.5 Å². The number of phenols is 1. The zero-order chi connectivity index (χ0) is 16.1. The molecule has 4 atom stereocenters. The minimum Gasteiger partial charge on any atom is -0.504 e. The normalized spacial score (nSPS) is 40.8. The molecule has 120 valence electrons. The molecule has 2 heterocycles. The lowest BCUT2D eigenvalue weighted by atomic mass is 9.49. The fraction of sp³-hybridized carbons (Fsp3) is 0.529. The molecule has 1 saturated heterocycles. The quantitative estimate of drug-likeness (QED) is 0.720. The number of phenolic OH excluding ortho intramolecular Hbond substituents is 1. The van der Waals surface area contributed by atoms with Crippen LogP contribution in [-0.4, -0.2) is 58.0 Å². The van der Waals surface area contributed by atoms with E-state index >= 15 is 0 Å². The Morgan fingerprint density at radius 3 is 2.87 bits per heavy atom. The minimum atomic E-state index is -1.33. The first-order valence-corrected chi connectivity index (χ1v) is 7.94. The smallest absolute Gasteiger partial charge is 0.183 e. The fourth-order valence-corrected chi connectivity index (χ4v) is 5.40. The van der Waals surface area contributed by atoms with Gasteiger partial charge in [0.1, 0.15) is 11.6 Å². The standard InChI is InChI=1S/C17H17NO5/c1-18-7-6-16-11-8-2-3-9(19)13(11)23-15(16)10(20)4-5-17(16,22)14(18)12(8)21/h2-3,14-15,19,22H,4-7H2,1H3/t14-,15+,16+,17-/m1/s1. The number of rotatable bonds is 0. The summed E-state index contributed by atoms with van der Waals surface area (Å²) in [5.41, 5.74) is -1.23. The van der Waals surface area contributed by atoms with Gasteiger partial charge in [-0.05, 0) is 38.6 Å². The van der Waals surface area contributed by atoms with Gasteiger partial charge in [-0.15, -0.1) is 0 Å². The number of Topliss-reactive ketones (excluding diaryl/α,β-unsaturated/α-hetero) is 2. The maximum Gasteiger partial charge on any atom is 0.183 e. The van der Waals surface area contributed by atoms with E-state index < -0.39 is 23.2 Å². The summed E-state index contributed by atoms with van der Waals surface area (Å²) in [7, 11) is 1.83. The van der Waals surface area contributed by atoms with Gasteiger partial charge in [0.2, 0.25) is 0 Å². The van der Waals surface area contributed by atoms with Crippen LogP contribution in [-0.2, 0) is 10.2 Å². The molecule has 1 aromatic carbocycles. The van der Waals surface area contributed by atoms with E-state index in [0.717, 1.165) is 0 Å². The lowest BCUT2D eigenvalue weighted by Gasteiger charge is -2.60. The predicted octanol–water partition coefficient (Wildman–Crippen LogP) is 0.385. The molecule has 0 amide bonds. The number of likely N-dealkylation sites (tertiary alicyclic amines) is 1. The Hall–Kier alpha value is -1.92. The molecular formula is C17H17NO5. The second-order valence-corrected chi connectivity index (χ2v) is 7.19. The number of benzene rings is 1. The van der Waals surface area contributed by atoms with Crippen LogP contribution in [0.1, 0.15) is 35.2 Å². The molecule has 2 aliphatic heterocycles. The Morgan fingerprint density at radius 1 is 1.30 bits per heavy atom. The van der Waals surface area contributed by atoms with Crippen molar-refractivity contribution in [1.82, 2.24) is 4.90 Å². The molecule has 23 heavy (non-hydrogen) atoms. The molecule has 6 heteroatoms. The molecular weight excluding hydrogens is 298 g/mol. The number of aromatic hydroxyl groups is 1. The van der Waals surface area contributed by atoms with Gasteiger partial charge in [0.05, 0.1) is 5.41 Å². The number of likely N-dealkylation sites (N-methyl/N-ethyl adjacent to an activating group) is 1. The molecule has 2 aliphatic carbocycles. The van der Waals surface area contributed by atoms with Crippen LogP contribution in [0.4, 0.5) is 0 Å². The topological polar surface area (TPSA) is 87.1 Å². The third-order valence-electron chi connectivity index (χ3n) is 6.35. The van der Waals surface area contributed by atoms with E-state index in [-0.39, 0.29) is 35.9 Å². The molecule has 0 unspecified atom stereocenters. The molecule has 2 fully saturated rings. The number of aliphatic hydroxyl groups is 1. The van der Waals surface area contributed by atoms with Crippen LogP contribution in [0.15, 0.2) is 12.1 Å². The highest BCUT2D eigenvalue weighted by Crippen LogP contribution is 2.64. The molecule has 0 radical (unpaired) electrons. The zero-order valence-electron chi connectivity index (χ0n) is 12.7. The lowest BCUT2D eigenvalue weighted by molar-refractivity contribution is -0.175. The number of carbonyl (C=O) groups excluding carboxylic acids is 2. The highest BCUT2D eigenvalue weighted by molar-refractivity contribution is 6.07. The van der Waals surface area contributed by atoms with Crippen molar-refractivity contribution in [3.05, 3.63) is 23.3 Å². The lowest BCUT2D eigenvalue weighted by Crippen LogP contribution is -2.77. The molecule has 1 spiro atoms. The van der Waals surface area contributed by atoms with Crippen LogP contribution in [0.25, 0.3) is 0 Å². The van der Waals surface area contributed by atoms with Gasteiger partial charge in [0, 0.05) is 17.5 Å². The maximum absolute atomic E-state index is 13.0. The summed E-state index contributed by atoms with van der Waals surface area (Å²) >= 11 is 0. The molecule has 1 aromatic rings. The first-order chi connectivity index (χ1) is 10.9. The van der Waals surface area contributed by atoms with Crippen molar-refractivity contribution in [2.24, 2.45) is 0 Å². The first kappa shape index (κ1) is 13.5. The molecule has 4 aliphatic rings. The van der Waals surface area contributed by atoms with Gasteiger partial charge in [-0.1, -0.05) is 0 Å². The number of nitrogens with zero attached hydrogens (tertiary/aromatic N) is 1. The SMILES string of the molecule is CN1CC[C@]23c4c5ccc(O)c4O[C@H]2C(=O)CC[C@@]3(O)[C@H]1C5=O. The summed E-state index contributed by atoms with van der Waals surface area (Å²) in [4.78, 5) is 27.4. The Morgan fingerprint density at radius 2 is 2.09 bits per heavy atom. The Balaban J connectivity index is 1.93. The van der Waals surface area contributed by atoms with Gasteiger partial charge in [-0.25, -0.2) is 0 Å². The molecule has 0 aromatic heterocycles. The van der Waals surface area contributed by atoms with E-state index in [1.165, 1.54) is 6.07 Å². The molecule has 6 nitrogen and oxygen atoms in total. The third kappa shape index (κ3) is 1.20. The van der Waals surface area contributed by atoms with E-state index in [1.807, 2.05) is 11.9 Å². The summed E-state index contributed by atoms with van der Waals surface area (Å²) in [5, 5.41) is 21.8. The van der Waals surface area contributed by atoms with Crippen LogP contribution in [0, 0.1) is 0 Å². The van der Waals surface area contributed by atoms with Gasteiger partial charge in [-0.2, -0.15) is 0 Å². The average Bonchev–Trinajstić information content (AvgIpc) is 2.86. The highest BCUT2D eigenvalue weighted by atomic mass is 16.5. The largest absolute Gasteiger partial charge is 0.504 e. The number of hydrogen-bond acceptors (Lipinski definition) is 6. The van der Waals surface area contributed by atoms with E-state index in [4.69, 9.17) is 4.74 Å². The number of hydrogen-bond donors (Lipinski definition) is 2. The van der Waals surface area contributed by atoms with E-state index in [9.17, 15) is 19.8 Å². The predicted molar refractivity (Wildman–Crippen MR) is 78.8 cm³/mol. The summed E-state index contributed by atoms with van der Waals surface area (Å²) in [6.45, 7) is 0.598. The van der Waals surface area contributed by atoms with Gasteiger partial charge >= 0.3 is 0 Å². The summed E-state index contributed by atoms with van der Waals surface area (Å²) in [6, 6.07) is 2.36. The Bertz CT molecular complexity index is 789. The van der Waals surface area contributed by atoms with Crippen molar-refractivity contribution in [3.8, 4) is 11.5 Å². The van der Waals surface area contributed by atoms with Crippen molar-refractivity contribution in [2.45, 2.75) is 42.4 Å². The van der Waals surface area contributed by atoms with E-state index in [0.29, 0.717) is 24.1 Å². The number of carbonyl (C=O) groups is 2. The van der Waals surface area contributed by atoms with Crippen molar-refractivity contribution < 1.29 is 24.5 Å². The van der Waals surface area contributed by atoms with Crippen molar-refractivity contribution in [2.75, 3.05) is 13.6 Å². The molecule has 1 saturated carbocycles. The van der Waals surface area contributed by atoms with Crippen LogP contribution in [0.5, 0.6) is 11.5 Å². The summed E-state index contributed by atoms with van der Waals surface area (Å²) < 4.78 is 5.84. The van der Waals surface area contributed by atoms with Crippen molar-refractivity contribution >= 4 is 11.6 Å². The van der Waals surface area contributed by atoms with Crippen LogP contribution >= 0.6 is 0 Å². The summed E-state index contributed by atoms with van der Waals surface area (Å²) in [6.07, 6.45) is 0.155. The van der Waals surface area contributed by atoms with Gasteiger partial charge in [0.25, 0.3) is 0 Å². The van der Waals surface area contributed by atoms with E-state index in [2.05, 4.69) is 0 Å². The number of piperidine rings is 1. The fourth-order valence-electron chi connectivity index (χ4n) is 5.40. The third-order valence-corrected chi connectivity index (χ3v) is 6.35. The molecule has 2 N–H and O–H groups in total. The average molecular weight is 315 g/mol. The zero-order valence-corrected chi connectivity index (χ0v) is 12.7. The minimum absolute atomic E-state index is 0.0612. The van der Waals surface area contributed by atoms with Crippen LogP contribution in [0.3, 0.4) is 0 Å². The Labute approximate surface area is 132 Å². The summed E-state index contributed by atoms with van der Waals surface area (Å²) in [5.74, 6) is -0.0839. The van der Waals surface area contributed by atoms with Gasteiger partial charge < -0.3 is 14.9 Å². The second kappa shape index (κ2) is 3.76. The monoisotopic (exact) mass is 315 g/mol. The van der Waals surface area contributed by atoms with Gasteiger partial charge in [0.15, 0.2) is 29.2 Å². The number of ketones is 2. The first-order valence-electron chi connectivity index (χ1n) is 7.94. The van der Waals surface area contributed by atoms with Crippen molar-refractivity contribution in [3.63, 3.8) is 0 Å². The molecule has 5 rings (SSSR count). The highest BCUT2D eigenvalue weighted by Gasteiger charge is 2.74. The van der Waals surface area contributed by atoms with Crippen LogP contribution < -0.4 is 4.74 Å². The second-order valence-electron chi connectivity index (χ2n) is 7.19. The van der Waals surface area contributed by atoms with Crippen LogP contribution in [0.2, 0.25) is 0 Å². The Kier molecular flexibility index (Phi) is 2.21. The molecule has 2 bridgehead atoms. The van der Waals surface area contributed by atoms with Crippen molar-refractivity contribution in [1.29, 1.82) is 0 Å². The number of ether oxygens (including phenoxy) is 1.